The van der Waals surface area contributed by atoms with Crippen molar-refractivity contribution in [3.05, 3.63) is 59.1 Å². The first-order valence-electron chi connectivity index (χ1n) is 7.37. The number of halogens is 3. The van der Waals surface area contributed by atoms with Gasteiger partial charge in [-0.1, -0.05) is 18.2 Å². The summed E-state index contributed by atoms with van der Waals surface area (Å²) < 4.78 is 39.2. The first-order valence-corrected chi connectivity index (χ1v) is 8.18. The number of rotatable bonds is 3. The monoisotopic (exact) mass is 365 g/mol. The third-order valence-corrected chi connectivity index (χ3v) is 4.52. The maximum atomic E-state index is 12.7. The van der Waals surface area contributed by atoms with Crippen molar-refractivity contribution < 1.29 is 18.0 Å². The van der Waals surface area contributed by atoms with Crippen molar-refractivity contribution in [2.75, 3.05) is 12.4 Å². The van der Waals surface area contributed by atoms with E-state index in [1.165, 1.54) is 28.4 Å². The Balaban J connectivity index is 1.68. The topological polar surface area (TPSA) is 45.2 Å². The number of alkyl halides is 3. The fraction of sp³-hybridized carbons (Fsp3) is 0.176. The summed E-state index contributed by atoms with van der Waals surface area (Å²) in [4.78, 5) is 18.0. The number of anilines is 1. The number of benzene rings is 2. The minimum atomic E-state index is -4.45. The molecule has 130 valence electrons. The Bertz CT molecular complexity index is 874. The Morgan fingerprint density at radius 1 is 1.20 bits per heavy atom. The smallest absolute Gasteiger partial charge is 0.321 e. The number of nitrogens with zero attached hydrogens (tertiary/aromatic N) is 2. The van der Waals surface area contributed by atoms with Crippen LogP contribution in [0.4, 0.5) is 23.7 Å². The average Bonchev–Trinajstić information content (AvgIpc) is 2.96. The van der Waals surface area contributed by atoms with Crippen molar-refractivity contribution >= 4 is 33.3 Å². The van der Waals surface area contributed by atoms with E-state index in [0.717, 1.165) is 27.4 Å². The van der Waals surface area contributed by atoms with Gasteiger partial charge in [0.2, 0.25) is 0 Å². The van der Waals surface area contributed by atoms with Crippen molar-refractivity contribution in [2.45, 2.75) is 12.7 Å². The molecule has 1 heterocycles. The molecule has 2 aromatic carbocycles. The molecule has 0 fully saturated rings. The lowest BCUT2D eigenvalue weighted by atomic mass is 10.2. The molecule has 0 saturated heterocycles. The summed E-state index contributed by atoms with van der Waals surface area (Å²) in [6, 6.07) is 11.7. The number of carbonyl (C=O) groups excluding carboxylic acids is 1. The summed E-state index contributed by atoms with van der Waals surface area (Å²) >= 11 is 1.47. The van der Waals surface area contributed by atoms with Gasteiger partial charge in [-0.3, -0.25) is 0 Å². The number of thiazole rings is 1. The van der Waals surface area contributed by atoms with E-state index in [-0.39, 0.29) is 12.2 Å². The van der Waals surface area contributed by atoms with Crippen LogP contribution in [0.2, 0.25) is 0 Å². The van der Waals surface area contributed by atoms with Crippen LogP contribution in [0.5, 0.6) is 0 Å². The highest BCUT2D eigenvalue weighted by Crippen LogP contribution is 2.30. The predicted octanol–water partition coefficient (Wildman–Crippen LogP) is 4.98. The van der Waals surface area contributed by atoms with Gasteiger partial charge >= 0.3 is 12.2 Å². The highest BCUT2D eigenvalue weighted by molar-refractivity contribution is 7.18. The normalized spacial score (nSPS) is 11.5. The summed E-state index contributed by atoms with van der Waals surface area (Å²) in [5.74, 6) is 0. The highest BCUT2D eigenvalue weighted by atomic mass is 32.1. The zero-order valence-electron chi connectivity index (χ0n) is 13.2. The lowest BCUT2D eigenvalue weighted by Crippen LogP contribution is -2.30. The number of carbonyl (C=O) groups is 1. The SMILES string of the molecule is CN(Cc1nc2ccccc2s1)C(=O)Nc1cccc(C(F)(F)F)c1. The minimum Gasteiger partial charge on any atom is -0.321 e. The van der Waals surface area contributed by atoms with Crippen LogP contribution in [0.25, 0.3) is 10.2 Å². The Kier molecular flexibility index (Phi) is 4.63. The molecule has 0 spiro atoms. The van der Waals surface area contributed by atoms with Crippen LogP contribution < -0.4 is 5.32 Å². The van der Waals surface area contributed by atoms with Gasteiger partial charge in [-0.2, -0.15) is 13.2 Å². The first kappa shape index (κ1) is 17.2. The van der Waals surface area contributed by atoms with Crippen LogP contribution in [0.3, 0.4) is 0 Å². The maximum absolute atomic E-state index is 12.7. The van der Waals surface area contributed by atoms with Crippen molar-refractivity contribution in [1.82, 2.24) is 9.88 Å². The molecule has 0 unspecified atom stereocenters. The molecule has 0 radical (unpaired) electrons. The third-order valence-electron chi connectivity index (χ3n) is 3.50. The van der Waals surface area contributed by atoms with E-state index >= 15 is 0 Å². The van der Waals surface area contributed by atoms with E-state index in [1.54, 1.807) is 7.05 Å². The Morgan fingerprint density at radius 3 is 2.68 bits per heavy atom. The number of aromatic nitrogens is 1. The molecule has 25 heavy (non-hydrogen) atoms. The molecule has 3 aromatic rings. The van der Waals surface area contributed by atoms with E-state index in [2.05, 4.69) is 10.3 Å². The van der Waals surface area contributed by atoms with Gasteiger partial charge in [0.25, 0.3) is 0 Å². The standard InChI is InChI=1S/C17H14F3N3OS/c1-23(10-15-22-13-7-2-3-8-14(13)25-15)16(24)21-12-6-4-5-11(9-12)17(18,19)20/h2-9H,10H2,1H3,(H,21,24). The van der Waals surface area contributed by atoms with Gasteiger partial charge in [0.1, 0.15) is 5.01 Å². The number of nitrogens with one attached hydrogen (secondary N) is 1. The summed E-state index contributed by atoms with van der Waals surface area (Å²) in [5.41, 5.74) is 0.143. The van der Waals surface area contributed by atoms with E-state index in [4.69, 9.17) is 0 Å². The van der Waals surface area contributed by atoms with E-state index < -0.39 is 17.8 Å². The summed E-state index contributed by atoms with van der Waals surface area (Å²) in [6.45, 7) is 0.268. The van der Waals surface area contributed by atoms with Crippen molar-refractivity contribution in [3.63, 3.8) is 0 Å². The van der Waals surface area contributed by atoms with Gasteiger partial charge in [0, 0.05) is 12.7 Å². The molecule has 4 nitrogen and oxygen atoms in total. The largest absolute Gasteiger partial charge is 0.416 e. The highest BCUT2D eigenvalue weighted by Gasteiger charge is 2.30. The molecule has 0 saturated carbocycles. The predicted molar refractivity (Wildman–Crippen MR) is 91.5 cm³/mol. The quantitative estimate of drug-likeness (QED) is 0.712. The zero-order chi connectivity index (χ0) is 18.0. The molecule has 0 aliphatic carbocycles. The van der Waals surface area contributed by atoms with E-state index in [1.807, 2.05) is 24.3 Å². The van der Waals surface area contributed by atoms with Gasteiger partial charge in [-0.15, -0.1) is 11.3 Å². The molecule has 0 aliphatic rings. The van der Waals surface area contributed by atoms with E-state index in [0.29, 0.717) is 0 Å². The second-order valence-corrected chi connectivity index (χ2v) is 6.56. The van der Waals surface area contributed by atoms with Crippen molar-refractivity contribution in [2.24, 2.45) is 0 Å². The zero-order valence-corrected chi connectivity index (χ0v) is 14.0. The van der Waals surface area contributed by atoms with Gasteiger partial charge in [0.15, 0.2) is 0 Å². The first-order chi connectivity index (χ1) is 11.8. The number of hydrogen-bond acceptors (Lipinski definition) is 3. The van der Waals surface area contributed by atoms with Crippen molar-refractivity contribution in [3.8, 4) is 0 Å². The van der Waals surface area contributed by atoms with E-state index in [9.17, 15) is 18.0 Å². The van der Waals surface area contributed by atoms with Crippen LogP contribution in [0.15, 0.2) is 48.5 Å². The maximum Gasteiger partial charge on any atom is 0.416 e. The van der Waals surface area contributed by atoms with Crippen LogP contribution in [0.1, 0.15) is 10.6 Å². The molecule has 1 N–H and O–H groups in total. The van der Waals surface area contributed by atoms with Gasteiger partial charge < -0.3 is 10.2 Å². The average molecular weight is 365 g/mol. The number of urea groups is 1. The molecule has 0 atom stereocenters. The minimum absolute atomic E-state index is 0.0935. The lowest BCUT2D eigenvalue weighted by molar-refractivity contribution is -0.137. The van der Waals surface area contributed by atoms with Crippen LogP contribution >= 0.6 is 11.3 Å². The van der Waals surface area contributed by atoms with Crippen LogP contribution in [-0.2, 0) is 12.7 Å². The fourth-order valence-corrected chi connectivity index (χ4v) is 3.28. The van der Waals surface area contributed by atoms with Gasteiger partial charge in [-0.25, -0.2) is 9.78 Å². The molecular weight excluding hydrogens is 351 g/mol. The molecule has 1 aromatic heterocycles. The molecule has 0 aliphatic heterocycles. The number of hydrogen-bond donors (Lipinski definition) is 1. The Hall–Kier alpha value is -2.61. The number of fused-ring (bicyclic) bond motifs is 1. The molecule has 8 heteroatoms. The molecule has 3 rings (SSSR count). The molecule has 0 bridgehead atoms. The number of para-hydroxylation sites is 1. The summed E-state index contributed by atoms with van der Waals surface area (Å²) in [7, 11) is 1.56. The third kappa shape index (κ3) is 4.08. The number of amides is 2. The lowest BCUT2D eigenvalue weighted by Gasteiger charge is -2.17. The van der Waals surface area contributed by atoms with Crippen molar-refractivity contribution in [1.29, 1.82) is 0 Å². The second kappa shape index (κ2) is 6.72. The Morgan fingerprint density at radius 2 is 1.96 bits per heavy atom. The van der Waals surface area contributed by atoms with Gasteiger partial charge in [0.05, 0.1) is 22.3 Å². The van der Waals surface area contributed by atoms with Crippen LogP contribution in [0, 0.1) is 0 Å². The fourth-order valence-electron chi connectivity index (χ4n) is 2.25. The summed E-state index contributed by atoms with van der Waals surface area (Å²) in [5, 5.41) is 3.22. The molecule has 2 amide bonds. The Labute approximate surface area is 145 Å². The molecular formula is C17H14F3N3OS. The van der Waals surface area contributed by atoms with Gasteiger partial charge in [-0.05, 0) is 30.3 Å². The van der Waals surface area contributed by atoms with Crippen LogP contribution in [-0.4, -0.2) is 23.0 Å². The second-order valence-electron chi connectivity index (χ2n) is 5.44. The summed E-state index contributed by atoms with van der Waals surface area (Å²) in [6.07, 6.45) is -4.45.